The highest BCUT2D eigenvalue weighted by molar-refractivity contribution is 5.16. The maximum absolute atomic E-state index is 11.6. The number of rotatable bonds is 0. The topological polar surface area (TPSA) is 34.0 Å². The Morgan fingerprint density at radius 1 is 1.36 bits per heavy atom. The number of hydrogen-bond donors (Lipinski definition) is 1. The van der Waals surface area contributed by atoms with E-state index < -0.39 is 0 Å². The van der Waals surface area contributed by atoms with Gasteiger partial charge in [-0.25, -0.2) is 0 Å². The molecule has 0 amide bonds. The summed E-state index contributed by atoms with van der Waals surface area (Å²) in [5, 5.41) is 3.43. The molecule has 2 atom stereocenters. The van der Waals surface area contributed by atoms with Crippen LogP contribution in [0.2, 0.25) is 0 Å². The van der Waals surface area contributed by atoms with Crippen LogP contribution in [0.15, 0.2) is 23.0 Å². The summed E-state index contributed by atoms with van der Waals surface area (Å²) in [7, 11) is 0. The number of piperidine rings is 1. The quantitative estimate of drug-likeness (QED) is 0.648. The van der Waals surface area contributed by atoms with Crippen LogP contribution in [0.5, 0.6) is 0 Å². The minimum absolute atomic E-state index is 0.166. The Kier molecular flexibility index (Phi) is 1.74. The van der Waals surface area contributed by atoms with E-state index in [4.69, 9.17) is 0 Å². The lowest BCUT2D eigenvalue weighted by molar-refractivity contribution is 0.257. The number of nitrogens with zero attached hydrogens (tertiary/aromatic N) is 1. The van der Waals surface area contributed by atoms with Crippen LogP contribution in [0.3, 0.4) is 0 Å². The molecule has 0 spiro atoms. The second-order valence-corrected chi connectivity index (χ2v) is 4.36. The Bertz CT molecular complexity index is 410. The number of pyridine rings is 1. The van der Waals surface area contributed by atoms with Gasteiger partial charge in [0.25, 0.3) is 5.56 Å². The maximum Gasteiger partial charge on any atom is 0.250 e. The van der Waals surface area contributed by atoms with Gasteiger partial charge in [-0.2, -0.15) is 0 Å². The van der Waals surface area contributed by atoms with Gasteiger partial charge in [0.2, 0.25) is 0 Å². The van der Waals surface area contributed by atoms with E-state index in [2.05, 4.69) is 11.4 Å². The first kappa shape index (κ1) is 8.24. The van der Waals surface area contributed by atoms with E-state index >= 15 is 0 Å². The molecule has 1 aromatic heterocycles. The zero-order valence-corrected chi connectivity index (χ0v) is 8.07. The molecule has 0 aliphatic carbocycles. The molecule has 1 aromatic rings. The third-order valence-electron chi connectivity index (χ3n) is 3.38. The summed E-state index contributed by atoms with van der Waals surface area (Å²) in [6, 6.07) is 5.64. The minimum Gasteiger partial charge on any atom is -0.316 e. The van der Waals surface area contributed by atoms with Gasteiger partial charge >= 0.3 is 0 Å². The van der Waals surface area contributed by atoms with Crippen molar-refractivity contribution < 1.29 is 0 Å². The number of fused-ring (bicyclic) bond motifs is 4. The first-order valence-corrected chi connectivity index (χ1v) is 5.25. The minimum atomic E-state index is 0.166. The van der Waals surface area contributed by atoms with E-state index in [0.29, 0.717) is 11.8 Å². The van der Waals surface area contributed by atoms with Crippen molar-refractivity contribution in [2.45, 2.75) is 18.9 Å². The second-order valence-electron chi connectivity index (χ2n) is 4.36. The summed E-state index contributed by atoms with van der Waals surface area (Å²) < 4.78 is 1.96. The molecule has 74 valence electrons. The van der Waals surface area contributed by atoms with Gasteiger partial charge in [-0.1, -0.05) is 6.07 Å². The first-order chi connectivity index (χ1) is 6.84. The van der Waals surface area contributed by atoms with Crippen molar-refractivity contribution in [2.75, 3.05) is 13.1 Å². The van der Waals surface area contributed by atoms with E-state index in [9.17, 15) is 4.79 Å². The molecule has 3 nitrogen and oxygen atoms in total. The van der Waals surface area contributed by atoms with Gasteiger partial charge in [0.05, 0.1) is 0 Å². The van der Waals surface area contributed by atoms with Crippen LogP contribution >= 0.6 is 0 Å². The molecule has 3 heteroatoms. The van der Waals surface area contributed by atoms with Gasteiger partial charge in [0.15, 0.2) is 0 Å². The van der Waals surface area contributed by atoms with Crippen LogP contribution < -0.4 is 10.9 Å². The standard InChI is InChI=1S/C11H14N2O/c14-11-3-1-2-10-9-4-8(5-12-6-9)7-13(10)11/h1-3,8-9,12H,4-7H2/t8-,9?/m0/s1. The lowest BCUT2D eigenvalue weighted by Crippen LogP contribution is -2.44. The van der Waals surface area contributed by atoms with Crippen LogP contribution in [-0.2, 0) is 6.54 Å². The van der Waals surface area contributed by atoms with Crippen molar-refractivity contribution in [2.24, 2.45) is 5.92 Å². The molecular weight excluding hydrogens is 176 g/mol. The average Bonchev–Trinajstić information content (AvgIpc) is 2.20. The Hall–Kier alpha value is -1.09. The Balaban J connectivity index is 2.15. The average molecular weight is 190 g/mol. The second kappa shape index (κ2) is 2.95. The molecular formula is C11H14N2O. The highest BCUT2D eigenvalue weighted by atomic mass is 16.1. The summed E-state index contributed by atoms with van der Waals surface area (Å²) in [4.78, 5) is 11.6. The molecule has 0 radical (unpaired) electrons. The SMILES string of the molecule is O=c1cccc2n1C[C@@H]1CNCC2C1. The van der Waals surface area contributed by atoms with Crippen molar-refractivity contribution in [1.82, 2.24) is 9.88 Å². The summed E-state index contributed by atoms with van der Waals surface area (Å²) >= 11 is 0. The molecule has 1 unspecified atom stereocenters. The van der Waals surface area contributed by atoms with Crippen molar-refractivity contribution >= 4 is 0 Å². The van der Waals surface area contributed by atoms with Gasteiger partial charge in [-0.15, -0.1) is 0 Å². The van der Waals surface area contributed by atoms with Crippen LogP contribution in [0.4, 0.5) is 0 Å². The molecule has 1 fully saturated rings. The number of hydrogen-bond acceptors (Lipinski definition) is 2. The van der Waals surface area contributed by atoms with Crippen molar-refractivity contribution in [1.29, 1.82) is 0 Å². The Labute approximate surface area is 82.8 Å². The monoisotopic (exact) mass is 190 g/mol. The zero-order chi connectivity index (χ0) is 9.54. The third kappa shape index (κ3) is 1.12. The summed E-state index contributed by atoms with van der Waals surface area (Å²) in [6.45, 7) is 3.00. The molecule has 2 bridgehead atoms. The first-order valence-electron chi connectivity index (χ1n) is 5.25. The fourth-order valence-electron chi connectivity index (χ4n) is 2.74. The van der Waals surface area contributed by atoms with Gasteiger partial charge < -0.3 is 9.88 Å². The van der Waals surface area contributed by atoms with Gasteiger partial charge in [-0.05, 0) is 24.9 Å². The molecule has 0 saturated carbocycles. The van der Waals surface area contributed by atoms with Crippen LogP contribution in [-0.4, -0.2) is 17.7 Å². The van der Waals surface area contributed by atoms with Crippen LogP contribution in [0.1, 0.15) is 18.0 Å². The Morgan fingerprint density at radius 3 is 3.21 bits per heavy atom. The molecule has 3 rings (SSSR count). The van der Waals surface area contributed by atoms with Crippen LogP contribution in [0.25, 0.3) is 0 Å². The summed E-state index contributed by atoms with van der Waals surface area (Å²) in [5.41, 5.74) is 1.39. The molecule has 0 aromatic carbocycles. The summed E-state index contributed by atoms with van der Waals surface area (Å²) in [6.07, 6.45) is 1.25. The highest BCUT2D eigenvalue weighted by Gasteiger charge is 2.30. The number of aromatic nitrogens is 1. The smallest absolute Gasteiger partial charge is 0.250 e. The molecule has 3 heterocycles. The lowest BCUT2D eigenvalue weighted by Gasteiger charge is -2.37. The molecule has 1 saturated heterocycles. The fourth-order valence-corrected chi connectivity index (χ4v) is 2.74. The zero-order valence-electron chi connectivity index (χ0n) is 8.07. The van der Waals surface area contributed by atoms with Crippen molar-refractivity contribution in [3.05, 3.63) is 34.2 Å². The molecule has 2 aliphatic rings. The fraction of sp³-hybridized carbons (Fsp3) is 0.545. The maximum atomic E-state index is 11.6. The van der Waals surface area contributed by atoms with E-state index in [1.165, 1.54) is 12.1 Å². The highest BCUT2D eigenvalue weighted by Crippen LogP contribution is 2.31. The number of nitrogens with one attached hydrogen (secondary N) is 1. The van der Waals surface area contributed by atoms with E-state index in [0.717, 1.165) is 19.6 Å². The lowest BCUT2D eigenvalue weighted by atomic mass is 9.84. The predicted molar refractivity (Wildman–Crippen MR) is 54.4 cm³/mol. The third-order valence-corrected chi connectivity index (χ3v) is 3.38. The molecule has 1 N–H and O–H groups in total. The summed E-state index contributed by atoms with van der Waals surface area (Å²) in [5.74, 6) is 1.21. The van der Waals surface area contributed by atoms with Gasteiger partial charge in [-0.3, -0.25) is 4.79 Å². The van der Waals surface area contributed by atoms with Crippen molar-refractivity contribution in [3.8, 4) is 0 Å². The molecule has 2 aliphatic heterocycles. The largest absolute Gasteiger partial charge is 0.316 e. The molecule has 14 heavy (non-hydrogen) atoms. The van der Waals surface area contributed by atoms with Crippen molar-refractivity contribution in [3.63, 3.8) is 0 Å². The Morgan fingerprint density at radius 2 is 2.29 bits per heavy atom. The van der Waals surface area contributed by atoms with E-state index in [-0.39, 0.29) is 5.56 Å². The van der Waals surface area contributed by atoms with Crippen LogP contribution in [0, 0.1) is 5.92 Å². The normalized spacial score (nSPS) is 29.7. The van der Waals surface area contributed by atoms with E-state index in [1.54, 1.807) is 6.07 Å². The van der Waals surface area contributed by atoms with E-state index in [1.807, 2.05) is 10.6 Å². The predicted octanol–water partition coefficient (Wildman–Crippen LogP) is 0.555. The van der Waals surface area contributed by atoms with Gasteiger partial charge in [0, 0.05) is 30.8 Å². The van der Waals surface area contributed by atoms with Gasteiger partial charge in [0.1, 0.15) is 0 Å².